The highest BCUT2D eigenvalue weighted by molar-refractivity contribution is 5.77. The number of halogens is 7. The van der Waals surface area contributed by atoms with Crippen LogP contribution in [0.1, 0.15) is 18.9 Å². The molecule has 3 nitrogen and oxygen atoms in total. The van der Waals surface area contributed by atoms with Gasteiger partial charge in [0.1, 0.15) is 5.82 Å². The molecule has 0 radical (unpaired) electrons. The fourth-order valence-corrected chi connectivity index (χ4v) is 1.70. The summed E-state index contributed by atoms with van der Waals surface area (Å²) in [5.74, 6) is -2.50. The highest BCUT2D eigenvalue weighted by Crippen LogP contribution is 2.44. The summed E-state index contributed by atoms with van der Waals surface area (Å²) in [7, 11) is 0. The van der Waals surface area contributed by atoms with E-state index >= 15 is 0 Å². The van der Waals surface area contributed by atoms with Crippen molar-refractivity contribution in [3.05, 3.63) is 29.6 Å². The van der Waals surface area contributed by atoms with Crippen LogP contribution in [0.25, 0.3) is 0 Å². The Morgan fingerprint density at radius 2 is 1.61 bits per heavy atom. The number of carbonyl (C=O) groups is 1. The minimum absolute atomic E-state index is 0.0602. The predicted octanol–water partition coefficient (Wildman–Crippen LogP) is 3.89. The molecule has 23 heavy (non-hydrogen) atoms. The Hall–Kier alpha value is -2.00. The van der Waals surface area contributed by atoms with Crippen LogP contribution < -0.4 is 10.6 Å². The minimum Gasteiger partial charge on any atom is -0.347 e. The van der Waals surface area contributed by atoms with E-state index < -0.39 is 41.8 Å². The molecule has 0 atom stereocenters. The van der Waals surface area contributed by atoms with E-state index in [0.717, 1.165) is 24.4 Å². The van der Waals surface area contributed by atoms with Gasteiger partial charge in [0, 0.05) is 12.1 Å². The number of benzene rings is 1. The SMILES string of the molecule is CCC(=O)NC(Nc1cc(F)ccc1C)(C(F)(F)F)C(F)(F)F. The first kappa shape index (κ1) is 19.0. The average Bonchev–Trinajstić information content (AvgIpc) is 2.39. The number of hydrogen-bond donors (Lipinski definition) is 2. The summed E-state index contributed by atoms with van der Waals surface area (Å²) >= 11 is 0. The number of amides is 1. The van der Waals surface area contributed by atoms with Gasteiger partial charge in [-0.15, -0.1) is 0 Å². The van der Waals surface area contributed by atoms with Crippen molar-refractivity contribution in [3.8, 4) is 0 Å². The minimum atomic E-state index is -5.92. The van der Waals surface area contributed by atoms with Gasteiger partial charge in [0.2, 0.25) is 5.91 Å². The Kier molecular flexibility index (Phi) is 5.17. The van der Waals surface area contributed by atoms with E-state index in [1.165, 1.54) is 12.2 Å². The van der Waals surface area contributed by atoms with Gasteiger partial charge in [-0.25, -0.2) is 4.39 Å². The van der Waals surface area contributed by atoms with E-state index in [4.69, 9.17) is 0 Å². The number of hydrogen-bond acceptors (Lipinski definition) is 2. The maximum Gasteiger partial charge on any atom is 0.439 e. The Labute approximate surface area is 126 Å². The zero-order valence-electron chi connectivity index (χ0n) is 12.0. The van der Waals surface area contributed by atoms with Gasteiger partial charge in [-0.2, -0.15) is 26.3 Å². The van der Waals surface area contributed by atoms with Crippen molar-refractivity contribution in [1.29, 1.82) is 0 Å². The van der Waals surface area contributed by atoms with Gasteiger partial charge in [-0.3, -0.25) is 4.79 Å². The molecule has 1 amide bonds. The smallest absolute Gasteiger partial charge is 0.347 e. The van der Waals surface area contributed by atoms with E-state index in [1.807, 2.05) is 0 Å². The van der Waals surface area contributed by atoms with Gasteiger partial charge in [-0.05, 0) is 24.6 Å². The number of rotatable bonds is 4. The van der Waals surface area contributed by atoms with Crippen LogP contribution >= 0.6 is 0 Å². The van der Waals surface area contributed by atoms with Crippen molar-refractivity contribution in [1.82, 2.24) is 5.32 Å². The molecule has 0 aliphatic heterocycles. The highest BCUT2D eigenvalue weighted by Gasteiger charge is 2.72. The van der Waals surface area contributed by atoms with Gasteiger partial charge in [0.25, 0.3) is 0 Å². The van der Waals surface area contributed by atoms with Crippen LogP contribution in [0.5, 0.6) is 0 Å². The van der Waals surface area contributed by atoms with E-state index in [1.54, 1.807) is 0 Å². The van der Waals surface area contributed by atoms with Crippen LogP contribution in [0.3, 0.4) is 0 Å². The summed E-state index contributed by atoms with van der Waals surface area (Å²) in [5, 5.41) is 2.16. The number of nitrogens with one attached hydrogen (secondary N) is 2. The molecule has 1 aromatic carbocycles. The topological polar surface area (TPSA) is 41.1 Å². The third-order valence-electron chi connectivity index (χ3n) is 3.02. The third kappa shape index (κ3) is 3.85. The molecule has 0 saturated heterocycles. The van der Waals surface area contributed by atoms with E-state index in [9.17, 15) is 35.5 Å². The molecule has 0 aliphatic carbocycles. The summed E-state index contributed by atoms with van der Waals surface area (Å²) in [4.78, 5) is 11.2. The molecule has 0 heterocycles. The Bertz CT molecular complexity index is 567. The maximum absolute atomic E-state index is 13.2. The molecule has 2 N–H and O–H groups in total. The predicted molar refractivity (Wildman–Crippen MR) is 68.0 cm³/mol. The largest absolute Gasteiger partial charge is 0.439 e. The molecule has 0 spiro atoms. The molecular weight excluding hydrogens is 333 g/mol. The lowest BCUT2D eigenvalue weighted by atomic mass is 10.1. The highest BCUT2D eigenvalue weighted by atomic mass is 19.4. The van der Waals surface area contributed by atoms with E-state index in [2.05, 4.69) is 0 Å². The van der Waals surface area contributed by atoms with Crippen LogP contribution in [-0.4, -0.2) is 23.9 Å². The first-order valence-electron chi connectivity index (χ1n) is 6.33. The van der Waals surface area contributed by atoms with Crippen molar-refractivity contribution in [3.63, 3.8) is 0 Å². The van der Waals surface area contributed by atoms with Crippen LogP contribution in [0.2, 0.25) is 0 Å². The van der Waals surface area contributed by atoms with Crippen LogP contribution in [-0.2, 0) is 4.79 Å². The monoisotopic (exact) mass is 346 g/mol. The number of carbonyl (C=O) groups excluding carboxylic acids is 1. The fourth-order valence-electron chi connectivity index (χ4n) is 1.70. The van der Waals surface area contributed by atoms with Crippen molar-refractivity contribution in [2.24, 2.45) is 0 Å². The van der Waals surface area contributed by atoms with Crippen molar-refractivity contribution in [2.75, 3.05) is 5.32 Å². The van der Waals surface area contributed by atoms with Gasteiger partial charge >= 0.3 is 18.0 Å². The van der Waals surface area contributed by atoms with Crippen molar-refractivity contribution < 1.29 is 35.5 Å². The Morgan fingerprint density at radius 3 is 2.04 bits per heavy atom. The summed E-state index contributed by atoms with van der Waals surface area (Å²) in [6.07, 6.45) is -12.4. The summed E-state index contributed by atoms with van der Waals surface area (Å²) in [5.41, 5.74) is -5.53. The maximum atomic E-state index is 13.2. The van der Waals surface area contributed by atoms with Gasteiger partial charge in [0.05, 0.1) is 0 Å². The lowest BCUT2D eigenvalue weighted by Gasteiger charge is -2.39. The zero-order valence-corrected chi connectivity index (χ0v) is 12.0. The summed E-state index contributed by atoms with van der Waals surface area (Å²) in [6, 6.07) is 2.38. The molecule has 130 valence electrons. The normalized spacial score (nSPS) is 12.9. The summed E-state index contributed by atoms with van der Waals surface area (Å²) < 4.78 is 92.3. The van der Waals surface area contributed by atoms with Crippen LogP contribution in [0.4, 0.5) is 36.4 Å². The first-order valence-corrected chi connectivity index (χ1v) is 6.33. The molecule has 1 rings (SSSR count). The fraction of sp³-hybridized carbons (Fsp3) is 0.462. The first-order chi connectivity index (χ1) is 10.3. The number of alkyl halides is 6. The Morgan fingerprint density at radius 1 is 1.09 bits per heavy atom. The van der Waals surface area contributed by atoms with E-state index in [-0.39, 0.29) is 5.56 Å². The molecule has 10 heteroatoms. The van der Waals surface area contributed by atoms with Crippen LogP contribution in [0.15, 0.2) is 18.2 Å². The third-order valence-corrected chi connectivity index (χ3v) is 3.02. The average molecular weight is 346 g/mol. The van der Waals surface area contributed by atoms with Gasteiger partial charge < -0.3 is 10.6 Å². The summed E-state index contributed by atoms with van der Waals surface area (Å²) in [6.45, 7) is 2.29. The molecule has 1 aromatic rings. The molecular formula is C13H13F7N2O. The molecule has 0 aromatic heterocycles. The lowest BCUT2D eigenvalue weighted by Crippen LogP contribution is -2.72. The molecule has 0 bridgehead atoms. The molecule has 0 unspecified atom stereocenters. The van der Waals surface area contributed by atoms with Gasteiger partial charge in [0.15, 0.2) is 0 Å². The second-order valence-corrected chi connectivity index (χ2v) is 4.73. The Balaban J connectivity index is 3.49. The zero-order chi connectivity index (χ0) is 18.1. The standard InChI is InChI=1S/C13H13F7N2O/c1-3-10(23)22-11(12(15,16)17,13(18,19)20)21-9-6-8(14)5-4-7(9)2/h4-6,21H,3H2,1-2H3,(H,22,23). The van der Waals surface area contributed by atoms with Crippen LogP contribution in [0, 0.1) is 12.7 Å². The van der Waals surface area contributed by atoms with Gasteiger partial charge in [-0.1, -0.05) is 13.0 Å². The molecule has 0 fully saturated rings. The quantitative estimate of drug-likeness (QED) is 0.641. The molecule has 0 saturated carbocycles. The van der Waals surface area contributed by atoms with Crippen molar-refractivity contribution in [2.45, 2.75) is 38.3 Å². The molecule has 0 aliphatic rings. The number of anilines is 1. The lowest BCUT2D eigenvalue weighted by molar-refractivity contribution is -0.295. The number of aryl methyl sites for hydroxylation is 1. The van der Waals surface area contributed by atoms with E-state index in [0.29, 0.717) is 6.07 Å². The second-order valence-electron chi connectivity index (χ2n) is 4.73. The van der Waals surface area contributed by atoms with Crippen molar-refractivity contribution >= 4 is 11.6 Å². The second kappa shape index (κ2) is 6.25.